The van der Waals surface area contributed by atoms with Gasteiger partial charge in [0.2, 0.25) is 5.91 Å². The molecular weight excluding hydrogens is 308 g/mol. The SMILES string of the molecule is CC1CCCN1C(=O)CNC(=O)c1cc(-c2ccccc2)cs1. The van der Waals surface area contributed by atoms with Crippen molar-refractivity contribution in [2.45, 2.75) is 25.8 Å². The fourth-order valence-electron chi connectivity index (χ4n) is 2.89. The van der Waals surface area contributed by atoms with Crippen molar-refractivity contribution < 1.29 is 9.59 Å². The van der Waals surface area contributed by atoms with Crippen molar-refractivity contribution in [3.05, 3.63) is 46.7 Å². The number of amides is 2. The average molecular weight is 328 g/mol. The van der Waals surface area contributed by atoms with E-state index in [-0.39, 0.29) is 24.4 Å². The largest absolute Gasteiger partial charge is 0.342 e. The van der Waals surface area contributed by atoms with Gasteiger partial charge in [-0.05, 0) is 42.3 Å². The number of thiophene rings is 1. The molecule has 1 fully saturated rings. The van der Waals surface area contributed by atoms with E-state index in [4.69, 9.17) is 0 Å². The highest BCUT2D eigenvalue weighted by molar-refractivity contribution is 7.12. The van der Waals surface area contributed by atoms with E-state index < -0.39 is 0 Å². The second-order valence-electron chi connectivity index (χ2n) is 5.83. The number of hydrogen-bond donors (Lipinski definition) is 1. The van der Waals surface area contributed by atoms with Crippen LogP contribution in [0.15, 0.2) is 41.8 Å². The summed E-state index contributed by atoms with van der Waals surface area (Å²) in [7, 11) is 0. The summed E-state index contributed by atoms with van der Waals surface area (Å²) in [6, 6.07) is 12.1. The Bertz CT molecular complexity index is 696. The maximum atomic E-state index is 12.2. The predicted molar refractivity (Wildman–Crippen MR) is 92.5 cm³/mol. The van der Waals surface area contributed by atoms with Crippen LogP contribution in [0.3, 0.4) is 0 Å². The molecule has 120 valence electrons. The third-order valence-electron chi connectivity index (χ3n) is 4.20. The molecular formula is C18H20N2O2S. The van der Waals surface area contributed by atoms with Crippen LogP contribution >= 0.6 is 11.3 Å². The van der Waals surface area contributed by atoms with Crippen molar-refractivity contribution in [1.29, 1.82) is 0 Å². The fourth-order valence-corrected chi connectivity index (χ4v) is 3.72. The van der Waals surface area contributed by atoms with E-state index in [1.807, 2.05) is 46.7 Å². The van der Waals surface area contributed by atoms with Gasteiger partial charge >= 0.3 is 0 Å². The highest BCUT2D eigenvalue weighted by Crippen LogP contribution is 2.25. The number of rotatable bonds is 4. The Kier molecular flexibility index (Phi) is 4.76. The molecule has 1 aromatic heterocycles. The van der Waals surface area contributed by atoms with Crippen LogP contribution in [0.1, 0.15) is 29.4 Å². The molecule has 4 nitrogen and oxygen atoms in total. The number of nitrogens with one attached hydrogen (secondary N) is 1. The van der Waals surface area contributed by atoms with Crippen molar-refractivity contribution in [1.82, 2.24) is 10.2 Å². The number of carbonyl (C=O) groups is 2. The average Bonchev–Trinajstić information content (AvgIpc) is 3.22. The molecule has 1 N–H and O–H groups in total. The van der Waals surface area contributed by atoms with E-state index >= 15 is 0 Å². The first-order valence-electron chi connectivity index (χ1n) is 7.87. The normalized spacial score (nSPS) is 17.3. The number of nitrogens with zero attached hydrogens (tertiary/aromatic N) is 1. The molecule has 0 radical (unpaired) electrons. The number of carbonyl (C=O) groups excluding carboxylic acids is 2. The summed E-state index contributed by atoms with van der Waals surface area (Å²) in [6.45, 7) is 2.92. The number of hydrogen-bond acceptors (Lipinski definition) is 3. The quantitative estimate of drug-likeness (QED) is 0.937. The molecule has 2 heterocycles. The minimum absolute atomic E-state index is 0.00295. The van der Waals surface area contributed by atoms with Crippen LogP contribution in [-0.2, 0) is 4.79 Å². The molecule has 0 bridgehead atoms. The van der Waals surface area contributed by atoms with Crippen molar-refractivity contribution >= 4 is 23.2 Å². The Balaban J connectivity index is 1.59. The lowest BCUT2D eigenvalue weighted by molar-refractivity contribution is -0.130. The van der Waals surface area contributed by atoms with Crippen molar-refractivity contribution in [3.8, 4) is 11.1 Å². The summed E-state index contributed by atoms with van der Waals surface area (Å²) < 4.78 is 0. The predicted octanol–water partition coefficient (Wildman–Crippen LogP) is 3.16. The Morgan fingerprint density at radius 2 is 2.04 bits per heavy atom. The number of likely N-dealkylation sites (tertiary alicyclic amines) is 1. The molecule has 1 saturated heterocycles. The van der Waals surface area contributed by atoms with Crippen LogP contribution in [-0.4, -0.2) is 35.8 Å². The van der Waals surface area contributed by atoms with E-state index in [1.54, 1.807) is 0 Å². The first kappa shape index (κ1) is 15.7. The van der Waals surface area contributed by atoms with Crippen LogP contribution in [0.5, 0.6) is 0 Å². The minimum atomic E-state index is -0.183. The zero-order valence-electron chi connectivity index (χ0n) is 13.1. The molecule has 0 aliphatic carbocycles. The van der Waals surface area contributed by atoms with Gasteiger partial charge in [-0.25, -0.2) is 0 Å². The lowest BCUT2D eigenvalue weighted by atomic mass is 10.1. The van der Waals surface area contributed by atoms with Crippen molar-refractivity contribution in [3.63, 3.8) is 0 Å². The standard InChI is InChI=1S/C18H20N2O2S/c1-13-6-5-9-20(13)17(21)11-19-18(22)16-10-15(12-23-16)14-7-3-2-4-8-14/h2-4,7-8,10,12-13H,5-6,9,11H2,1H3,(H,19,22). The van der Waals surface area contributed by atoms with Gasteiger partial charge in [-0.3, -0.25) is 9.59 Å². The van der Waals surface area contributed by atoms with Gasteiger partial charge in [0.15, 0.2) is 0 Å². The molecule has 0 spiro atoms. The Labute approximate surface area is 140 Å². The molecule has 3 rings (SSSR count). The van der Waals surface area contributed by atoms with Gasteiger partial charge < -0.3 is 10.2 Å². The summed E-state index contributed by atoms with van der Waals surface area (Å²) in [5, 5.41) is 4.71. The maximum absolute atomic E-state index is 12.2. The third-order valence-corrected chi connectivity index (χ3v) is 5.13. The Hall–Kier alpha value is -2.14. The van der Waals surface area contributed by atoms with E-state index in [0.29, 0.717) is 4.88 Å². The minimum Gasteiger partial charge on any atom is -0.342 e. The highest BCUT2D eigenvalue weighted by atomic mass is 32.1. The van der Waals surface area contributed by atoms with Gasteiger partial charge in [0.1, 0.15) is 0 Å². The molecule has 2 aromatic rings. The molecule has 5 heteroatoms. The molecule has 0 saturated carbocycles. The fraction of sp³-hybridized carbons (Fsp3) is 0.333. The van der Waals surface area contributed by atoms with E-state index in [1.165, 1.54) is 11.3 Å². The first-order valence-corrected chi connectivity index (χ1v) is 8.75. The van der Waals surface area contributed by atoms with Crippen molar-refractivity contribution in [2.24, 2.45) is 0 Å². The summed E-state index contributed by atoms with van der Waals surface area (Å²) in [5.41, 5.74) is 2.12. The van der Waals surface area contributed by atoms with Gasteiger partial charge in [-0.2, -0.15) is 0 Å². The zero-order valence-corrected chi connectivity index (χ0v) is 13.9. The molecule has 1 atom stereocenters. The molecule has 23 heavy (non-hydrogen) atoms. The molecule has 1 aliphatic heterocycles. The molecule has 2 amide bonds. The van der Waals surface area contributed by atoms with Crippen LogP contribution in [0, 0.1) is 0 Å². The van der Waals surface area contributed by atoms with Crippen LogP contribution < -0.4 is 5.32 Å². The first-order chi connectivity index (χ1) is 11.1. The monoisotopic (exact) mass is 328 g/mol. The molecule has 1 aliphatic rings. The second kappa shape index (κ2) is 6.96. The Morgan fingerprint density at radius 3 is 2.74 bits per heavy atom. The Morgan fingerprint density at radius 1 is 1.26 bits per heavy atom. The second-order valence-corrected chi connectivity index (χ2v) is 6.74. The summed E-state index contributed by atoms with van der Waals surface area (Å²) in [4.78, 5) is 26.8. The van der Waals surface area contributed by atoms with Crippen molar-refractivity contribution in [2.75, 3.05) is 13.1 Å². The van der Waals surface area contributed by atoms with Crippen LogP contribution in [0.25, 0.3) is 11.1 Å². The summed E-state index contributed by atoms with van der Waals surface area (Å²) in [5.74, 6) is -0.180. The highest BCUT2D eigenvalue weighted by Gasteiger charge is 2.25. The maximum Gasteiger partial charge on any atom is 0.261 e. The molecule has 1 aromatic carbocycles. The summed E-state index contributed by atoms with van der Waals surface area (Å²) >= 11 is 1.40. The smallest absolute Gasteiger partial charge is 0.261 e. The lowest BCUT2D eigenvalue weighted by Crippen LogP contribution is -2.41. The van der Waals surface area contributed by atoms with E-state index in [2.05, 4.69) is 12.2 Å². The van der Waals surface area contributed by atoms with E-state index in [0.717, 1.165) is 30.5 Å². The van der Waals surface area contributed by atoms with Crippen LogP contribution in [0.2, 0.25) is 0 Å². The van der Waals surface area contributed by atoms with Gasteiger partial charge in [-0.1, -0.05) is 30.3 Å². The van der Waals surface area contributed by atoms with E-state index in [9.17, 15) is 9.59 Å². The summed E-state index contributed by atoms with van der Waals surface area (Å²) in [6.07, 6.45) is 2.09. The number of benzene rings is 1. The van der Waals surface area contributed by atoms with Crippen LogP contribution in [0.4, 0.5) is 0 Å². The zero-order chi connectivity index (χ0) is 16.2. The molecule has 1 unspecified atom stereocenters. The van der Waals surface area contributed by atoms with Gasteiger partial charge in [0.05, 0.1) is 11.4 Å². The lowest BCUT2D eigenvalue weighted by Gasteiger charge is -2.21. The topological polar surface area (TPSA) is 49.4 Å². The van der Waals surface area contributed by atoms with Gasteiger partial charge in [-0.15, -0.1) is 11.3 Å². The third kappa shape index (κ3) is 3.62. The van der Waals surface area contributed by atoms with Gasteiger partial charge in [0, 0.05) is 12.6 Å². The van der Waals surface area contributed by atoms with Gasteiger partial charge in [0.25, 0.3) is 5.91 Å².